The van der Waals surface area contributed by atoms with Gasteiger partial charge in [0.2, 0.25) is 5.76 Å². The highest BCUT2D eigenvalue weighted by Gasteiger charge is 2.24. The van der Waals surface area contributed by atoms with Crippen molar-refractivity contribution < 1.29 is 32.4 Å². The SMILES string of the molecule is O=C(O)c1cc(-c2ccc(CC(C(=O)c3ccc(F)c(F)c3)c3ccc(F)cc3)cc2)no1. The molecule has 1 atom stereocenters. The fraction of sp³-hybridized carbons (Fsp3) is 0.0800. The smallest absolute Gasteiger partial charge is 0.374 e. The first-order chi connectivity index (χ1) is 15.8. The van der Waals surface area contributed by atoms with Gasteiger partial charge in [-0.25, -0.2) is 18.0 Å². The van der Waals surface area contributed by atoms with Crippen molar-refractivity contribution in [3.05, 3.63) is 113 Å². The fourth-order valence-corrected chi connectivity index (χ4v) is 3.47. The standard InChI is InChI=1S/C25H16F3NO4/c26-18-8-5-15(6-9-18)19(24(30)17-7-10-20(27)21(28)12-17)11-14-1-3-16(4-2-14)22-13-23(25(31)32)33-29-22/h1-10,12-13,19H,11H2,(H,31,32). The minimum atomic E-state index is -1.23. The molecule has 0 saturated heterocycles. The van der Waals surface area contributed by atoms with E-state index in [1.54, 1.807) is 24.3 Å². The highest BCUT2D eigenvalue weighted by atomic mass is 19.2. The summed E-state index contributed by atoms with van der Waals surface area (Å²) in [6.45, 7) is 0. The zero-order chi connectivity index (χ0) is 23.5. The predicted molar refractivity (Wildman–Crippen MR) is 112 cm³/mol. The van der Waals surface area contributed by atoms with Crippen LogP contribution in [0.2, 0.25) is 0 Å². The number of ketones is 1. The third kappa shape index (κ3) is 4.85. The number of nitrogens with zero attached hydrogens (tertiary/aromatic N) is 1. The Morgan fingerprint density at radius 1 is 0.879 bits per heavy atom. The molecule has 1 heterocycles. The molecule has 33 heavy (non-hydrogen) atoms. The topological polar surface area (TPSA) is 80.4 Å². The van der Waals surface area contributed by atoms with Gasteiger partial charge in [-0.2, -0.15) is 0 Å². The number of carbonyl (C=O) groups excluding carboxylic acids is 1. The Morgan fingerprint density at radius 3 is 2.18 bits per heavy atom. The molecule has 0 aliphatic heterocycles. The van der Waals surface area contributed by atoms with Crippen LogP contribution < -0.4 is 0 Å². The van der Waals surface area contributed by atoms with E-state index < -0.39 is 35.1 Å². The largest absolute Gasteiger partial charge is 0.475 e. The lowest BCUT2D eigenvalue weighted by molar-refractivity contribution is 0.0652. The van der Waals surface area contributed by atoms with E-state index in [2.05, 4.69) is 5.16 Å². The van der Waals surface area contributed by atoms with Crippen LogP contribution >= 0.6 is 0 Å². The van der Waals surface area contributed by atoms with E-state index in [-0.39, 0.29) is 17.7 Å². The van der Waals surface area contributed by atoms with Crippen LogP contribution in [0, 0.1) is 17.5 Å². The normalized spacial score (nSPS) is 11.8. The van der Waals surface area contributed by atoms with Crippen LogP contribution in [0.1, 0.15) is 38.0 Å². The third-order valence-electron chi connectivity index (χ3n) is 5.20. The number of Topliss-reactive ketones (excluding diaryl/α,β-unsaturated/α-hetero) is 1. The Morgan fingerprint density at radius 2 is 1.58 bits per heavy atom. The summed E-state index contributed by atoms with van der Waals surface area (Å²) in [5.74, 6) is -5.38. The fourth-order valence-electron chi connectivity index (χ4n) is 3.47. The number of carboxylic acids is 1. The van der Waals surface area contributed by atoms with Crippen molar-refractivity contribution in [2.24, 2.45) is 0 Å². The second-order valence-electron chi connectivity index (χ2n) is 7.38. The maximum Gasteiger partial charge on any atom is 0.374 e. The van der Waals surface area contributed by atoms with Crippen molar-refractivity contribution in [3.8, 4) is 11.3 Å². The molecule has 0 saturated carbocycles. The van der Waals surface area contributed by atoms with Crippen LogP contribution in [-0.4, -0.2) is 22.0 Å². The molecule has 0 radical (unpaired) electrons. The first-order valence-corrected chi connectivity index (χ1v) is 9.86. The number of aromatic carboxylic acids is 1. The second kappa shape index (κ2) is 9.12. The summed E-state index contributed by atoms with van der Waals surface area (Å²) < 4.78 is 45.2. The van der Waals surface area contributed by atoms with Gasteiger partial charge in [-0.15, -0.1) is 0 Å². The molecule has 0 spiro atoms. The Bertz CT molecular complexity index is 1310. The Labute approximate surface area is 186 Å². The van der Waals surface area contributed by atoms with Gasteiger partial charge < -0.3 is 9.63 Å². The average molecular weight is 451 g/mol. The molecule has 4 rings (SSSR count). The molecule has 1 unspecified atom stereocenters. The summed E-state index contributed by atoms with van der Waals surface area (Å²) in [5, 5.41) is 12.7. The summed E-state index contributed by atoms with van der Waals surface area (Å²) in [7, 11) is 0. The highest BCUT2D eigenvalue weighted by molar-refractivity contribution is 6.01. The zero-order valence-corrected chi connectivity index (χ0v) is 17.0. The summed E-state index contributed by atoms with van der Waals surface area (Å²) >= 11 is 0. The second-order valence-corrected chi connectivity index (χ2v) is 7.38. The van der Waals surface area contributed by atoms with E-state index >= 15 is 0 Å². The van der Waals surface area contributed by atoms with Crippen molar-refractivity contribution in [2.45, 2.75) is 12.3 Å². The van der Waals surface area contributed by atoms with E-state index in [1.165, 1.54) is 36.4 Å². The Hall–Kier alpha value is -4.20. The van der Waals surface area contributed by atoms with Crippen molar-refractivity contribution in [3.63, 3.8) is 0 Å². The molecule has 0 bridgehead atoms. The van der Waals surface area contributed by atoms with Gasteiger partial charge in [-0.1, -0.05) is 41.6 Å². The summed E-state index contributed by atoms with van der Waals surface area (Å²) in [4.78, 5) is 24.2. The van der Waals surface area contributed by atoms with E-state index in [4.69, 9.17) is 9.63 Å². The van der Waals surface area contributed by atoms with Gasteiger partial charge in [0, 0.05) is 17.2 Å². The molecule has 4 aromatic rings. The predicted octanol–water partition coefficient (Wildman–Crippen LogP) is 5.67. The van der Waals surface area contributed by atoms with Gasteiger partial charge in [0.15, 0.2) is 17.4 Å². The zero-order valence-electron chi connectivity index (χ0n) is 17.0. The van der Waals surface area contributed by atoms with Crippen LogP contribution in [0.25, 0.3) is 11.3 Å². The summed E-state index contributed by atoms with van der Waals surface area (Å²) in [5.41, 5.74) is 2.22. The van der Waals surface area contributed by atoms with E-state index in [9.17, 15) is 22.8 Å². The molecule has 0 fully saturated rings. The van der Waals surface area contributed by atoms with Crippen LogP contribution in [0.15, 0.2) is 77.3 Å². The number of aromatic nitrogens is 1. The van der Waals surface area contributed by atoms with Crippen molar-refractivity contribution in [2.75, 3.05) is 0 Å². The lowest BCUT2D eigenvalue weighted by atomic mass is 9.85. The van der Waals surface area contributed by atoms with Crippen molar-refractivity contribution in [1.82, 2.24) is 5.16 Å². The van der Waals surface area contributed by atoms with Crippen molar-refractivity contribution in [1.29, 1.82) is 0 Å². The van der Waals surface area contributed by atoms with Gasteiger partial charge in [0.05, 0.1) is 5.92 Å². The van der Waals surface area contributed by atoms with Gasteiger partial charge in [0.25, 0.3) is 0 Å². The van der Waals surface area contributed by atoms with Crippen LogP contribution in [0.3, 0.4) is 0 Å². The highest BCUT2D eigenvalue weighted by Crippen LogP contribution is 2.28. The quantitative estimate of drug-likeness (QED) is 0.367. The van der Waals surface area contributed by atoms with Gasteiger partial charge >= 0.3 is 5.97 Å². The monoisotopic (exact) mass is 451 g/mol. The summed E-state index contributed by atoms with van der Waals surface area (Å²) in [6, 6.07) is 16.5. The minimum absolute atomic E-state index is 0.00337. The average Bonchev–Trinajstić information content (AvgIpc) is 3.31. The molecule has 8 heteroatoms. The van der Waals surface area contributed by atoms with Crippen LogP contribution in [0.4, 0.5) is 13.2 Å². The van der Waals surface area contributed by atoms with E-state index in [0.717, 1.165) is 17.7 Å². The molecule has 0 aliphatic carbocycles. The number of benzene rings is 3. The number of hydrogen-bond acceptors (Lipinski definition) is 4. The lowest BCUT2D eigenvalue weighted by Crippen LogP contribution is -2.16. The number of hydrogen-bond donors (Lipinski definition) is 1. The molecule has 3 aromatic carbocycles. The van der Waals surface area contributed by atoms with Gasteiger partial charge in [0.1, 0.15) is 11.5 Å². The van der Waals surface area contributed by atoms with E-state index in [0.29, 0.717) is 16.8 Å². The maximum absolute atomic E-state index is 13.7. The van der Waals surface area contributed by atoms with Gasteiger partial charge in [-0.3, -0.25) is 4.79 Å². The van der Waals surface area contributed by atoms with Crippen LogP contribution in [0.5, 0.6) is 0 Å². The Balaban J connectivity index is 1.63. The van der Waals surface area contributed by atoms with Crippen molar-refractivity contribution >= 4 is 11.8 Å². The maximum atomic E-state index is 13.7. The first-order valence-electron chi connectivity index (χ1n) is 9.86. The third-order valence-corrected chi connectivity index (χ3v) is 5.20. The Kier molecular flexibility index (Phi) is 6.08. The first kappa shape index (κ1) is 22.0. The molecule has 5 nitrogen and oxygen atoms in total. The molecule has 1 N–H and O–H groups in total. The molecule has 1 aromatic heterocycles. The molecule has 166 valence electrons. The van der Waals surface area contributed by atoms with E-state index in [1.807, 2.05) is 0 Å². The minimum Gasteiger partial charge on any atom is -0.475 e. The number of halogens is 3. The molecular formula is C25H16F3NO4. The van der Waals surface area contributed by atoms with Gasteiger partial charge in [-0.05, 0) is 47.9 Å². The number of carboxylic acid groups (broad SMARTS) is 1. The number of rotatable bonds is 7. The molecule has 0 aliphatic rings. The number of carbonyl (C=O) groups is 2. The van der Waals surface area contributed by atoms with Crippen LogP contribution in [-0.2, 0) is 6.42 Å². The molecule has 0 amide bonds. The molecular weight excluding hydrogens is 435 g/mol. The summed E-state index contributed by atoms with van der Waals surface area (Å²) in [6.07, 6.45) is 0.211. The lowest BCUT2D eigenvalue weighted by Gasteiger charge is -2.17.